The van der Waals surface area contributed by atoms with Gasteiger partial charge in [0.2, 0.25) is 0 Å². The van der Waals surface area contributed by atoms with Crippen molar-refractivity contribution >= 4 is 81.1 Å². The topological polar surface area (TPSA) is 8.17 Å². The Morgan fingerprint density at radius 3 is 1.60 bits per heavy atom. The van der Waals surface area contributed by atoms with E-state index in [1.165, 1.54) is 86.1 Å². The summed E-state index contributed by atoms with van der Waals surface area (Å²) < 4.78 is 4.98. The number of nitrogens with zero attached hydrogens (tertiary/aromatic N) is 2. The van der Waals surface area contributed by atoms with Crippen molar-refractivity contribution in [3.05, 3.63) is 255 Å². The summed E-state index contributed by atoms with van der Waals surface area (Å²) in [5, 5.41) is 7.54. The standard InChI is InChI=1S/C64H42N2S/c1-2-19-43(20-3-1)48-30-16-21-45-22-17-31-55(63(45)48)49-24-5-4-23-47(49)44-39-41-46(42-40-44)65(61-37-18-32-56-54-29-10-15-38-62(54)67-64(56)61)57-33-11-6-25-50(57)51-26-7-12-34-58(51)66-59-35-13-8-27-52(59)53-28-9-14-36-60(53)66/h1-42H. The normalized spacial score (nSPS) is 11.6. The third-order valence-electron chi connectivity index (χ3n) is 13.4. The minimum absolute atomic E-state index is 1.09. The number of hydrogen-bond acceptors (Lipinski definition) is 2. The van der Waals surface area contributed by atoms with Gasteiger partial charge in [-0.05, 0) is 92.7 Å². The van der Waals surface area contributed by atoms with Crippen LogP contribution in [0.4, 0.5) is 17.1 Å². The predicted octanol–water partition coefficient (Wildman–Crippen LogP) is 18.4. The Bertz CT molecular complexity index is 3930. The van der Waals surface area contributed by atoms with Crippen LogP contribution in [0.5, 0.6) is 0 Å². The molecule has 0 saturated heterocycles. The zero-order chi connectivity index (χ0) is 44.3. The summed E-state index contributed by atoms with van der Waals surface area (Å²) in [4.78, 5) is 2.49. The number of hydrogen-bond donors (Lipinski definition) is 0. The second kappa shape index (κ2) is 16.2. The molecule has 0 aliphatic rings. The Labute approximate surface area is 393 Å². The lowest BCUT2D eigenvalue weighted by Crippen LogP contribution is -2.12. The van der Waals surface area contributed by atoms with E-state index in [0.717, 1.165) is 33.9 Å². The molecule has 13 aromatic rings. The molecule has 0 radical (unpaired) electrons. The molecule has 0 bridgehead atoms. The highest BCUT2D eigenvalue weighted by Gasteiger charge is 2.24. The fourth-order valence-electron chi connectivity index (χ4n) is 10.5. The number of rotatable bonds is 8. The maximum absolute atomic E-state index is 2.49. The molecule has 0 atom stereocenters. The van der Waals surface area contributed by atoms with E-state index >= 15 is 0 Å². The number of fused-ring (bicyclic) bond motifs is 7. The van der Waals surface area contributed by atoms with Crippen molar-refractivity contribution in [3.63, 3.8) is 0 Å². The van der Waals surface area contributed by atoms with E-state index in [1.807, 2.05) is 11.3 Å². The first-order valence-corrected chi connectivity index (χ1v) is 23.7. The molecule has 0 spiro atoms. The van der Waals surface area contributed by atoms with Crippen LogP contribution in [0.1, 0.15) is 0 Å². The minimum Gasteiger partial charge on any atom is -0.309 e. The van der Waals surface area contributed by atoms with Crippen molar-refractivity contribution in [2.24, 2.45) is 0 Å². The molecule has 2 heterocycles. The van der Waals surface area contributed by atoms with Crippen LogP contribution < -0.4 is 4.90 Å². The molecule has 0 aliphatic carbocycles. The van der Waals surface area contributed by atoms with E-state index in [-0.39, 0.29) is 0 Å². The summed E-state index contributed by atoms with van der Waals surface area (Å²) in [6.07, 6.45) is 0. The molecule has 13 rings (SSSR count). The van der Waals surface area contributed by atoms with E-state index in [0.29, 0.717) is 0 Å². The third kappa shape index (κ3) is 6.47. The summed E-state index contributed by atoms with van der Waals surface area (Å²) in [6, 6.07) is 93.2. The van der Waals surface area contributed by atoms with Crippen LogP contribution in [0.15, 0.2) is 255 Å². The highest BCUT2D eigenvalue weighted by atomic mass is 32.1. The fourth-order valence-corrected chi connectivity index (χ4v) is 11.7. The maximum Gasteiger partial charge on any atom is 0.0640 e. The second-order valence-electron chi connectivity index (χ2n) is 17.2. The molecular formula is C64H42N2S. The molecule has 2 aromatic heterocycles. The van der Waals surface area contributed by atoms with Gasteiger partial charge in [0.25, 0.3) is 0 Å². The molecule has 0 unspecified atom stereocenters. The quantitative estimate of drug-likeness (QED) is 0.148. The lowest BCUT2D eigenvalue weighted by Gasteiger charge is -2.29. The van der Waals surface area contributed by atoms with Gasteiger partial charge < -0.3 is 9.47 Å². The molecule has 314 valence electrons. The van der Waals surface area contributed by atoms with Crippen LogP contribution in [0.25, 0.3) is 103 Å². The van der Waals surface area contributed by atoms with Crippen LogP contribution in [0.2, 0.25) is 0 Å². The summed E-state index contributed by atoms with van der Waals surface area (Å²) in [5.41, 5.74) is 16.4. The Hall–Kier alpha value is -8.50. The van der Waals surface area contributed by atoms with E-state index in [9.17, 15) is 0 Å². The molecular weight excluding hydrogens is 829 g/mol. The first-order chi connectivity index (χ1) is 33.3. The van der Waals surface area contributed by atoms with Crippen LogP contribution >= 0.6 is 11.3 Å². The molecule has 2 nitrogen and oxygen atoms in total. The van der Waals surface area contributed by atoms with Crippen molar-refractivity contribution in [1.82, 2.24) is 4.57 Å². The highest BCUT2D eigenvalue weighted by molar-refractivity contribution is 7.26. The van der Waals surface area contributed by atoms with Crippen molar-refractivity contribution in [3.8, 4) is 50.2 Å². The van der Waals surface area contributed by atoms with Crippen molar-refractivity contribution < 1.29 is 0 Å². The Morgan fingerprint density at radius 2 is 0.836 bits per heavy atom. The Morgan fingerprint density at radius 1 is 0.313 bits per heavy atom. The number of para-hydroxylation sites is 4. The SMILES string of the molecule is c1ccc(-c2cccc3cccc(-c4ccccc4-c4ccc(N(c5ccccc5-c5ccccc5-n5c6ccccc6c6ccccc65)c5cccc6c5sc5ccccc56)cc4)c23)cc1. The molecule has 0 aliphatic heterocycles. The molecule has 3 heteroatoms. The van der Waals surface area contributed by atoms with Gasteiger partial charge in [0.05, 0.1) is 32.8 Å². The average Bonchev–Trinajstić information content (AvgIpc) is 3.96. The van der Waals surface area contributed by atoms with Crippen LogP contribution in [-0.2, 0) is 0 Å². The van der Waals surface area contributed by atoms with Crippen LogP contribution in [-0.4, -0.2) is 4.57 Å². The van der Waals surface area contributed by atoms with Crippen molar-refractivity contribution in [2.75, 3.05) is 4.90 Å². The Kier molecular flexibility index (Phi) is 9.40. The molecule has 0 saturated carbocycles. The summed E-state index contributed by atoms with van der Waals surface area (Å²) in [6.45, 7) is 0. The summed E-state index contributed by atoms with van der Waals surface area (Å²) in [7, 11) is 0. The van der Waals surface area contributed by atoms with Crippen LogP contribution in [0, 0.1) is 0 Å². The van der Waals surface area contributed by atoms with Crippen molar-refractivity contribution in [2.45, 2.75) is 0 Å². The first kappa shape index (κ1) is 38.9. The van der Waals surface area contributed by atoms with Gasteiger partial charge in [-0.25, -0.2) is 0 Å². The van der Waals surface area contributed by atoms with E-state index in [2.05, 4.69) is 264 Å². The molecule has 0 fully saturated rings. The van der Waals surface area contributed by atoms with Gasteiger partial charge in [-0.2, -0.15) is 0 Å². The number of benzene rings is 11. The molecule has 0 amide bonds. The number of anilines is 3. The minimum atomic E-state index is 1.09. The van der Waals surface area contributed by atoms with Gasteiger partial charge in [-0.1, -0.05) is 206 Å². The second-order valence-corrected chi connectivity index (χ2v) is 18.2. The first-order valence-electron chi connectivity index (χ1n) is 22.9. The van der Waals surface area contributed by atoms with Gasteiger partial charge in [0.1, 0.15) is 0 Å². The number of thiophene rings is 1. The Balaban J connectivity index is 1.00. The maximum atomic E-state index is 2.49. The summed E-state index contributed by atoms with van der Waals surface area (Å²) in [5.74, 6) is 0. The lowest BCUT2D eigenvalue weighted by molar-refractivity contribution is 1.18. The van der Waals surface area contributed by atoms with E-state index in [4.69, 9.17) is 0 Å². The zero-order valence-electron chi connectivity index (χ0n) is 36.6. The third-order valence-corrected chi connectivity index (χ3v) is 14.6. The van der Waals surface area contributed by atoms with E-state index < -0.39 is 0 Å². The lowest BCUT2D eigenvalue weighted by atomic mass is 9.88. The fraction of sp³-hybridized carbons (Fsp3) is 0. The summed E-state index contributed by atoms with van der Waals surface area (Å²) >= 11 is 1.87. The number of aromatic nitrogens is 1. The van der Waals surface area contributed by atoms with Gasteiger partial charge in [-0.15, -0.1) is 11.3 Å². The molecule has 0 N–H and O–H groups in total. The largest absolute Gasteiger partial charge is 0.309 e. The van der Waals surface area contributed by atoms with Gasteiger partial charge in [-0.3, -0.25) is 0 Å². The van der Waals surface area contributed by atoms with Gasteiger partial charge in [0, 0.05) is 43.1 Å². The van der Waals surface area contributed by atoms with Gasteiger partial charge in [0.15, 0.2) is 0 Å². The predicted molar refractivity (Wildman–Crippen MR) is 288 cm³/mol. The van der Waals surface area contributed by atoms with Gasteiger partial charge >= 0.3 is 0 Å². The van der Waals surface area contributed by atoms with Crippen LogP contribution in [0.3, 0.4) is 0 Å². The molecule has 67 heavy (non-hydrogen) atoms. The zero-order valence-corrected chi connectivity index (χ0v) is 37.4. The smallest absolute Gasteiger partial charge is 0.0640 e. The van der Waals surface area contributed by atoms with Crippen molar-refractivity contribution in [1.29, 1.82) is 0 Å². The molecule has 11 aromatic carbocycles. The highest BCUT2D eigenvalue weighted by Crippen LogP contribution is 2.49. The van der Waals surface area contributed by atoms with E-state index in [1.54, 1.807) is 0 Å². The average molecular weight is 871 g/mol. The monoisotopic (exact) mass is 870 g/mol.